The summed E-state index contributed by atoms with van der Waals surface area (Å²) in [5.41, 5.74) is 10.4. The van der Waals surface area contributed by atoms with Crippen LogP contribution in [0, 0.1) is 0 Å². The molecule has 0 spiro atoms. The first kappa shape index (κ1) is 12.7. The molecule has 2 atom stereocenters. The maximum atomic E-state index is 12.1. The van der Waals surface area contributed by atoms with Crippen LogP contribution in [0.3, 0.4) is 0 Å². The first-order valence-electron chi connectivity index (χ1n) is 6.26. The van der Waals surface area contributed by atoms with Gasteiger partial charge in [0.2, 0.25) is 11.8 Å². The fourth-order valence-corrected chi connectivity index (χ4v) is 2.53. The topological polar surface area (TPSA) is 114 Å². The Hall–Kier alpha value is -1.79. The van der Waals surface area contributed by atoms with Crippen LogP contribution in [0.1, 0.15) is 25.7 Å². The van der Waals surface area contributed by atoms with E-state index in [0.717, 1.165) is 12.8 Å². The van der Waals surface area contributed by atoms with Gasteiger partial charge in [-0.3, -0.25) is 14.6 Å². The predicted molar refractivity (Wildman–Crippen MR) is 66.6 cm³/mol. The third-order valence-corrected chi connectivity index (χ3v) is 3.40. The van der Waals surface area contributed by atoms with E-state index in [1.165, 1.54) is 0 Å². The van der Waals surface area contributed by atoms with Crippen LogP contribution in [-0.4, -0.2) is 47.8 Å². The summed E-state index contributed by atoms with van der Waals surface area (Å²) in [6, 6.07) is -0.660. The standard InChI is InChI=1S/C11H19N5O2/c12-11(13)14-5-1-3-7-10(18)16-6-2-4-8(16)9(17)15-7/h7-8H,1-6H2,(H,15,17)(H4,12,13,14)/t7-,8+/m0/s1. The van der Waals surface area contributed by atoms with Gasteiger partial charge in [0, 0.05) is 13.1 Å². The molecule has 100 valence electrons. The van der Waals surface area contributed by atoms with Gasteiger partial charge in [-0.1, -0.05) is 0 Å². The van der Waals surface area contributed by atoms with E-state index < -0.39 is 6.04 Å². The van der Waals surface area contributed by atoms with Crippen LogP contribution in [-0.2, 0) is 9.59 Å². The number of nitrogens with zero attached hydrogens (tertiary/aromatic N) is 2. The molecular weight excluding hydrogens is 234 g/mol. The number of rotatable bonds is 4. The summed E-state index contributed by atoms with van der Waals surface area (Å²) in [7, 11) is 0. The van der Waals surface area contributed by atoms with Crippen LogP contribution >= 0.6 is 0 Å². The Labute approximate surface area is 106 Å². The Balaban J connectivity index is 1.87. The number of hydrogen-bond donors (Lipinski definition) is 3. The van der Waals surface area contributed by atoms with Gasteiger partial charge in [-0.05, 0) is 25.7 Å². The number of carbonyl (C=O) groups is 2. The van der Waals surface area contributed by atoms with Gasteiger partial charge in [-0.15, -0.1) is 0 Å². The summed E-state index contributed by atoms with van der Waals surface area (Å²) >= 11 is 0. The van der Waals surface area contributed by atoms with Crippen molar-refractivity contribution in [2.75, 3.05) is 13.1 Å². The molecule has 7 nitrogen and oxygen atoms in total. The quantitative estimate of drug-likeness (QED) is 0.322. The van der Waals surface area contributed by atoms with Crippen molar-refractivity contribution in [2.45, 2.75) is 37.8 Å². The van der Waals surface area contributed by atoms with Gasteiger partial charge in [0.1, 0.15) is 12.1 Å². The molecule has 18 heavy (non-hydrogen) atoms. The molecule has 2 heterocycles. The van der Waals surface area contributed by atoms with Crippen molar-refractivity contribution in [3.63, 3.8) is 0 Å². The molecule has 2 aliphatic heterocycles. The molecule has 2 amide bonds. The van der Waals surface area contributed by atoms with Gasteiger partial charge in [0.05, 0.1) is 0 Å². The lowest BCUT2D eigenvalue weighted by atomic mass is 10.0. The summed E-state index contributed by atoms with van der Waals surface area (Å²) < 4.78 is 0. The zero-order valence-corrected chi connectivity index (χ0v) is 10.3. The normalized spacial score (nSPS) is 26.8. The molecule has 2 aliphatic rings. The lowest BCUT2D eigenvalue weighted by Gasteiger charge is -2.34. The first-order chi connectivity index (χ1) is 8.59. The summed E-state index contributed by atoms with van der Waals surface area (Å²) in [4.78, 5) is 29.5. The van der Waals surface area contributed by atoms with Gasteiger partial charge in [0.15, 0.2) is 5.96 Å². The highest BCUT2D eigenvalue weighted by Crippen LogP contribution is 2.23. The van der Waals surface area contributed by atoms with Crippen LogP contribution in [0.2, 0.25) is 0 Å². The van der Waals surface area contributed by atoms with Crippen molar-refractivity contribution in [3.05, 3.63) is 0 Å². The molecule has 0 aromatic rings. The van der Waals surface area contributed by atoms with E-state index in [2.05, 4.69) is 10.3 Å². The number of piperazine rings is 1. The van der Waals surface area contributed by atoms with Crippen LogP contribution < -0.4 is 16.8 Å². The average Bonchev–Trinajstić information content (AvgIpc) is 2.80. The second-order valence-corrected chi connectivity index (χ2v) is 4.70. The fourth-order valence-electron chi connectivity index (χ4n) is 2.53. The molecule has 2 saturated heterocycles. The average molecular weight is 253 g/mol. The number of amides is 2. The molecule has 7 heteroatoms. The molecule has 0 bridgehead atoms. The molecule has 0 aromatic carbocycles. The highest BCUT2D eigenvalue weighted by molar-refractivity contribution is 5.97. The van der Waals surface area contributed by atoms with Crippen molar-refractivity contribution in [3.8, 4) is 0 Å². The van der Waals surface area contributed by atoms with Crippen molar-refractivity contribution >= 4 is 17.8 Å². The molecule has 0 radical (unpaired) electrons. The van der Waals surface area contributed by atoms with E-state index in [-0.39, 0.29) is 23.8 Å². The number of nitrogens with one attached hydrogen (secondary N) is 1. The van der Waals surface area contributed by atoms with Crippen molar-refractivity contribution in [1.29, 1.82) is 0 Å². The summed E-state index contributed by atoms with van der Waals surface area (Å²) in [5, 5.41) is 2.78. The third kappa shape index (κ3) is 2.55. The maximum absolute atomic E-state index is 12.1. The molecule has 0 aliphatic carbocycles. The number of hydrogen-bond acceptors (Lipinski definition) is 3. The van der Waals surface area contributed by atoms with E-state index in [1.807, 2.05) is 0 Å². The monoisotopic (exact) mass is 253 g/mol. The Morgan fingerprint density at radius 2 is 2.22 bits per heavy atom. The third-order valence-electron chi connectivity index (χ3n) is 3.40. The molecule has 2 rings (SSSR count). The largest absolute Gasteiger partial charge is 0.370 e. The molecule has 2 fully saturated rings. The van der Waals surface area contributed by atoms with E-state index in [0.29, 0.717) is 25.9 Å². The molecule has 0 unspecified atom stereocenters. The number of guanidine groups is 1. The van der Waals surface area contributed by atoms with Crippen molar-refractivity contribution in [2.24, 2.45) is 16.5 Å². The van der Waals surface area contributed by atoms with Crippen LogP contribution in [0.25, 0.3) is 0 Å². The van der Waals surface area contributed by atoms with E-state index >= 15 is 0 Å². The molecule has 5 N–H and O–H groups in total. The van der Waals surface area contributed by atoms with E-state index in [9.17, 15) is 9.59 Å². The summed E-state index contributed by atoms with van der Waals surface area (Å²) in [6.45, 7) is 1.17. The zero-order chi connectivity index (χ0) is 13.1. The highest BCUT2D eigenvalue weighted by Gasteiger charge is 2.42. The zero-order valence-electron chi connectivity index (χ0n) is 10.3. The van der Waals surface area contributed by atoms with Crippen LogP contribution in [0.5, 0.6) is 0 Å². The second-order valence-electron chi connectivity index (χ2n) is 4.70. The predicted octanol–water partition coefficient (Wildman–Crippen LogP) is -1.47. The van der Waals surface area contributed by atoms with Gasteiger partial charge in [-0.25, -0.2) is 0 Å². The van der Waals surface area contributed by atoms with E-state index in [4.69, 9.17) is 11.5 Å². The van der Waals surface area contributed by atoms with E-state index in [1.54, 1.807) is 4.90 Å². The lowest BCUT2D eigenvalue weighted by Crippen LogP contribution is -2.61. The maximum Gasteiger partial charge on any atom is 0.245 e. The minimum atomic E-state index is -0.416. The molecule has 0 saturated carbocycles. The smallest absolute Gasteiger partial charge is 0.245 e. The molecule has 0 aromatic heterocycles. The fraction of sp³-hybridized carbons (Fsp3) is 0.727. The van der Waals surface area contributed by atoms with Gasteiger partial charge < -0.3 is 21.7 Å². The van der Waals surface area contributed by atoms with Gasteiger partial charge in [0.25, 0.3) is 0 Å². The van der Waals surface area contributed by atoms with Crippen LogP contribution in [0.4, 0.5) is 0 Å². The van der Waals surface area contributed by atoms with Crippen LogP contribution in [0.15, 0.2) is 4.99 Å². The number of fused-ring (bicyclic) bond motifs is 1. The Kier molecular flexibility index (Phi) is 3.69. The van der Waals surface area contributed by atoms with Crippen molar-refractivity contribution in [1.82, 2.24) is 10.2 Å². The van der Waals surface area contributed by atoms with Gasteiger partial charge in [-0.2, -0.15) is 0 Å². The first-order valence-corrected chi connectivity index (χ1v) is 6.26. The van der Waals surface area contributed by atoms with Crippen molar-refractivity contribution < 1.29 is 9.59 Å². The molecular formula is C11H19N5O2. The number of nitrogens with two attached hydrogens (primary N) is 2. The summed E-state index contributed by atoms with van der Waals surface area (Å²) in [5.74, 6) is 0.0503. The Morgan fingerprint density at radius 3 is 2.94 bits per heavy atom. The lowest BCUT2D eigenvalue weighted by molar-refractivity contribution is -0.147. The number of aliphatic imine (C=N–C) groups is 1. The minimum Gasteiger partial charge on any atom is -0.370 e. The second kappa shape index (κ2) is 5.24. The summed E-state index contributed by atoms with van der Waals surface area (Å²) in [6.07, 6.45) is 2.93. The highest BCUT2D eigenvalue weighted by atomic mass is 16.2. The Morgan fingerprint density at radius 1 is 1.44 bits per heavy atom. The SMILES string of the molecule is NC(N)=NCCC[C@@H]1NC(=O)[C@H]2CCCN2C1=O. The Bertz CT molecular complexity index is 378. The minimum absolute atomic E-state index is 0.0288. The number of carbonyl (C=O) groups excluding carboxylic acids is 2. The van der Waals surface area contributed by atoms with Gasteiger partial charge >= 0.3 is 0 Å².